The maximum Gasteiger partial charge on any atom is 0.488 e. The van der Waals surface area contributed by atoms with Crippen LogP contribution in [0.25, 0.3) is 0 Å². The first-order chi connectivity index (χ1) is 6.54. The average Bonchev–Trinajstić information content (AvgIpc) is 2.15. The summed E-state index contributed by atoms with van der Waals surface area (Å²) >= 11 is 0. The first-order valence-electron chi connectivity index (χ1n) is 3.89. The van der Waals surface area contributed by atoms with Crippen LogP contribution in [0.3, 0.4) is 0 Å². The molecule has 0 fully saturated rings. The topological polar surface area (TPSA) is 92.8 Å². The normalized spacial score (nSPS) is 9.00. The molecule has 0 aliphatic heterocycles. The van der Waals surface area contributed by atoms with Crippen molar-refractivity contribution in [2.24, 2.45) is 0 Å². The van der Waals surface area contributed by atoms with Gasteiger partial charge in [-0.25, -0.2) is 4.79 Å². The monoisotopic (exact) mass is 231 g/mol. The minimum absolute atomic E-state index is 0. The number of benzene rings is 1. The van der Waals surface area contributed by atoms with E-state index in [0.717, 1.165) is 0 Å². The van der Waals surface area contributed by atoms with Gasteiger partial charge in [-0.1, -0.05) is 0 Å². The van der Waals surface area contributed by atoms with Crippen LogP contribution in [-0.2, 0) is 4.74 Å². The first-order valence-corrected chi connectivity index (χ1v) is 3.89. The van der Waals surface area contributed by atoms with Gasteiger partial charge in [0.2, 0.25) is 0 Å². The van der Waals surface area contributed by atoms with Crippen LogP contribution in [-0.4, -0.2) is 30.2 Å². The Morgan fingerprint density at radius 1 is 1.40 bits per heavy atom. The van der Waals surface area contributed by atoms with Crippen molar-refractivity contribution in [2.75, 3.05) is 12.8 Å². The Morgan fingerprint density at radius 3 is 2.47 bits per heavy atom. The summed E-state index contributed by atoms with van der Waals surface area (Å²) in [5.41, 5.74) is 6.08. The molecule has 1 aromatic rings. The van der Waals surface area contributed by atoms with Crippen molar-refractivity contribution in [1.29, 1.82) is 0 Å². The summed E-state index contributed by atoms with van der Waals surface area (Å²) in [5.74, 6) is -0.570. The van der Waals surface area contributed by atoms with Crippen LogP contribution in [0, 0.1) is 0 Å². The van der Waals surface area contributed by atoms with E-state index in [0.29, 0.717) is 0 Å². The lowest BCUT2D eigenvalue weighted by molar-refractivity contribution is 0.0601. The van der Waals surface area contributed by atoms with Crippen molar-refractivity contribution in [3.05, 3.63) is 23.8 Å². The molecule has 1 aromatic carbocycles. The van der Waals surface area contributed by atoms with Gasteiger partial charge in [-0.05, 0) is 23.7 Å². The number of hydrogen-bond donors (Lipinski definition) is 3. The molecule has 5 nitrogen and oxygen atoms in total. The number of ether oxygens (including phenoxy) is 1. The quantitative estimate of drug-likeness (QED) is 0.350. The van der Waals surface area contributed by atoms with Gasteiger partial charge >= 0.3 is 13.1 Å². The Balaban J connectivity index is 0.00000196. The lowest BCUT2D eigenvalue weighted by atomic mass is 9.79. The zero-order valence-electron chi connectivity index (χ0n) is 8.01. The van der Waals surface area contributed by atoms with Crippen LogP contribution >= 0.6 is 12.4 Å². The highest BCUT2D eigenvalue weighted by Crippen LogP contribution is 2.06. The highest BCUT2D eigenvalue weighted by molar-refractivity contribution is 6.58. The highest BCUT2D eigenvalue weighted by Gasteiger charge is 2.15. The molecule has 4 N–H and O–H groups in total. The first kappa shape index (κ1) is 13.8. The third kappa shape index (κ3) is 3.43. The second-order valence-corrected chi connectivity index (χ2v) is 2.75. The van der Waals surface area contributed by atoms with Crippen LogP contribution in [0.1, 0.15) is 10.4 Å². The minimum atomic E-state index is -1.65. The Hall–Kier alpha value is -1.24. The second kappa shape index (κ2) is 5.60. The lowest BCUT2D eigenvalue weighted by Gasteiger charge is -2.04. The molecule has 0 aromatic heterocycles. The molecule has 0 spiro atoms. The number of carbonyl (C=O) groups is 1. The van der Waals surface area contributed by atoms with Crippen molar-refractivity contribution >= 4 is 36.6 Å². The Bertz CT molecular complexity index is 358. The lowest BCUT2D eigenvalue weighted by Crippen LogP contribution is -2.30. The fourth-order valence-electron chi connectivity index (χ4n) is 1.06. The van der Waals surface area contributed by atoms with E-state index in [9.17, 15) is 4.79 Å². The Kier molecular flexibility index (Phi) is 5.14. The van der Waals surface area contributed by atoms with Gasteiger partial charge in [0.1, 0.15) is 0 Å². The molecule has 15 heavy (non-hydrogen) atoms. The summed E-state index contributed by atoms with van der Waals surface area (Å²) in [6.45, 7) is 0. The van der Waals surface area contributed by atoms with Crippen LogP contribution in [0.5, 0.6) is 0 Å². The molecule has 82 valence electrons. The van der Waals surface area contributed by atoms with Crippen molar-refractivity contribution in [3.8, 4) is 0 Å². The molecule has 7 heteroatoms. The molecule has 0 aliphatic carbocycles. The van der Waals surface area contributed by atoms with E-state index in [1.807, 2.05) is 0 Å². The van der Waals surface area contributed by atoms with Gasteiger partial charge in [-0.3, -0.25) is 0 Å². The number of nitrogen functional groups attached to an aromatic ring is 1. The summed E-state index contributed by atoms with van der Waals surface area (Å²) in [6, 6.07) is 4.08. The average molecular weight is 231 g/mol. The number of carbonyl (C=O) groups excluding carboxylic acids is 1. The molecule has 0 saturated heterocycles. The SMILES string of the molecule is COC(=O)c1cc(N)cc(B(O)O)c1.Cl. The predicted molar refractivity (Wildman–Crippen MR) is 59.3 cm³/mol. The van der Waals surface area contributed by atoms with Crippen molar-refractivity contribution in [3.63, 3.8) is 0 Å². The molecule has 0 unspecified atom stereocenters. The van der Waals surface area contributed by atoms with Crippen LogP contribution in [0.2, 0.25) is 0 Å². The second-order valence-electron chi connectivity index (χ2n) is 2.75. The van der Waals surface area contributed by atoms with Crippen LogP contribution < -0.4 is 11.2 Å². The molecule has 0 heterocycles. The Labute approximate surface area is 93.4 Å². The summed E-state index contributed by atoms with van der Waals surface area (Å²) in [7, 11) is -0.414. The van der Waals surface area contributed by atoms with Gasteiger partial charge in [0.05, 0.1) is 12.7 Å². The van der Waals surface area contributed by atoms with E-state index in [1.165, 1.54) is 25.3 Å². The summed E-state index contributed by atoms with van der Waals surface area (Å²) in [4.78, 5) is 11.1. The fourth-order valence-corrected chi connectivity index (χ4v) is 1.06. The van der Waals surface area contributed by atoms with Crippen molar-refractivity contribution < 1.29 is 19.6 Å². The summed E-state index contributed by atoms with van der Waals surface area (Å²) in [5, 5.41) is 17.7. The number of esters is 1. The summed E-state index contributed by atoms with van der Waals surface area (Å²) < 4.78 is 4.47. The molecular formula is C8H11BClNO4. The minimum Gasteiger partial charge on any atom is -0.465 e. The van der Waals surface area contributed by atoms with E-state index < -0.39 is 13.1 Å². The zero-order chi connectivity index (χ0) is 10.7. The molecule has 1 rings (SSSR count). The fraction of sp³-hybridized carbons (Fsp3) is 0.125. The van der Waals surface area contributed by atoms with E-state index in [4.69, 9.17) is 15.8 Å². The molecule has 0 saturated carbocycles. The molecular weight excluding hydrogens is 220 g/mol. The number of halogens is 1. The third-order valence-corrected chi connectivity index (χ3v) is 1.70. The largest absolute Gasteiger partial charge is 0.488 e. The van der Waals surface area contributed by atoms with Crippen molar-refractivity contribution in [2.45, 2.75) is 0 Å². The molecule has 0 atom stereocenters. The van der Waals surface area contributed by atoms with Crippen LogP contribution in [0.4, 0.5) is 5.69 Å². The van der Waals surface area contributed by atoms with Gasteiger partial charge in [-0.2, -0.15) is 0 Å². The zero-order valence-corrected chi connectivity index (χ0v) is 8.82. The number of methoxy groups -OCH3 is 1. The summed E-state index contributed by atoms with van der Waals surface area (Å²) in [6.07, 6.45) is 0. The Morgan fingerprint density at radius 2 is 2.00 bits per heavy atom. The molecule has 0 radical (unpaired) electrons. The van der Waals surface area contributed by atoms with Gasteiger partial charge in [0, 0.05) is 5.69 Å². The molecule has 0 amide bonds. The van der Waals surface area contributed by atoms with Crippen LogP contribution in [0.15, 0.2) is 18.2 Å². The standard InChI is InChI=1S/C8H10BNO4.ClH/c1-14-8(11)5-2-6(9(12)13)4-7(10)3-5;/h2-4,12-13H,10H2,1H3;1H. The van der Waals surface area contributed by atoms with Gasteiger partial charge in [0.15, 0.2) is 0 Å². The van der Waals surface area contributed by atoms with Crippen molar-refractivity contribution in [1.82, 2.24) is 0 Å². The van der Waals surface area contributed by atoms with E-state index in [2.05, 4.69) is 4.74 Å². The maximum absolute atomic E-state index is 11.1. The van der Waals surface area contributed by atoms with Gasteiger partial charge < -0.3 is 20.5 Å². The number of nitrogens with two attached hydrogens (primary N) is 1. The number of rotatable bonds is 2. The molecule has 0 aliphatic rings. The van der Waals surface area contributed by atoms with E-state index in [1.54, 1.807) is 0 Å². The van der Waals surface area contributed by atoms with E-state index in [-0.39, 0.29) is 29.1 Å². The maximum atomic E-state index is 11.1. The highest BCUT2D eigenvalue weighted by atomic mass is 35.5. The number of hydrogen-bond acceptors (Lipinski definition) is 5. The third-order valence-electron chi connectivity index (χ3n) is 1.70. The van der Waals surface area contributed by atoms with E-state index >= 15 is 0 Å². The predicted octanol–water partition coefficient (Wildman–Crippen LogP) is -0.843. The number of anilines is 1. The smallest absolute Gasteiger partial charge is 0.465 e. The van der Waals surface area contributed by atoms with Gasteiger partial charge in [-0.15, -0.1) is 12.4 Å². The van der Waals surface area contributed by atoms with Gasteiger partial charge in [0.25, 0.3) is 0 Å². The molecule has 0 bridgehead atoms.